The maximum atomic E-state index is 13.9. The number of hydrogen-bond donors (Lipinski definition) is 2. The summed E-state index contributed by atoms with van der Waals surface area (Å²) in [4.78, 5) is 27.8. The van der Waals surface area contributed by atoms with Gasteiger partial charge in [0.05, 0.1) is 16.9 Å². The zero-order chi connectivity index (χ0) is 18.1. The van der Waals surface area contributed by atoms with Crippen molar-refractivity contribution in [3.8, 4) is 0 Å². The van der Waals surface area contributed by atoms with Gasteiger partial charge in [-0.2, -0.15) is 5.10 Å². The molecule has 0 saturated heterocycles. The van der Waals surface area contributed by atoms with Crippen molar-refractivity contribution in [3.05, 3.63) is 47.5 Å². The fourth-order valence-corrected chi connectivity index (χ4v) is 2.53. The zero-order valence-corrected chi connectivity index (χ0v) is 13.9. The molecule has 0 spiro atoms. The van der Waals surface area contributed by atoms with Crippen LogP contribution >= 0.6 is 0 Å². The third kappa shape index (κ3) is 3.32. The van der Waals surface area contributed by atoms with Crippen molar-refractivity contribution in [3.63, 3.8) is 0 Å². The summed E-state index contributed by atoms with van der Waals surface area (Å²) >= 11 is 0. The van der Waals surface area contributed by atoms with Crippen LogP contribution in [-0.2, 0) is 11.8 Å². The van der Waals surface area contributed by atoms with E-state index in [2.05, 4.69) is 20.7 Å². The van der Waals surface area contributed by atoms with Crippen LogP contribution in [0, 0.1) is 12.7 Å². The second-order valence-electron chi connectivity index (χ2n) is 5.63. The van der Waals surface area contributed by atoms with E-state index in [4.69, 9.17) is 0 Å². The average molecular weight is 341 g/mol. The van der Waals surface area contributed by atoms with E-state index in [0.29, 0.717) is 11.3 Å². The lowest BCUT2D eigenvalue weighted by Gasteiger charge is -2.09. The van der Waals surface area contributed by atoms with Crippen molar-refractivity contribution in [2.75, 3.05) is 10.6 Å². The minimum absolute atomic E-state index is 0.0285. The molecule has 0 atom stereocenters. The lowest BCUT2D eigenvalue weighted by atomic mass is 10.2. The first kappa shape index (κ1) is 16.6. The van der Waals surface area contributed by atoms with Crippen molar-refractivity contribution in [1.29, 1.82) is 0 Å². The van der Waals surface area contributed by atoms with E-state index >= 15 is 0 Å². The maximum absolute atomic E-state index is 13.9. The summed E-state index contributed by atoms with van der Waals surface area (Å²) in [5.74, 6) is -1.39. The normalized spacial score (nSPS) is 10.7. The Kier molecular flexibility index (Phi) is 4.18. The van der Waals surface area contributed by atoms with Crippen LogP contribution in [0.15, 0.2) is 30.5 Å². The molecule has 2 amide bonds. The molecule has 0 aliphatic heterocycles. The van der Waals surface area contributed by atoms with Crippen LogP contribution in [0.1, 0.15) is 23.0 Å². The Balaban J connectivity index is 1.89. The molecule has 0 radical (unpaired) electrons. The predicted molar refractivity (Wildman–Crippen MR) is 91.9 cm³/mol. The van der Waals surface area contributed by atoms with Gasteiger partial charge in [-0.15, -0.1) is 0 Å². The van der Waals surface area contributed by atoms with Crippen LogP contribution in [0.25, 0.3) is 11.0 Å². The zero-order valence-electron chi connectivity index (χ0n) is 13.9. The van der Waals surface area contributed by atoms with Gasteiger partial charge in [0.25, 0.3) is 5.91 Å². The first-order valence-corrected chi connectivity index (χ1v) is 7.53. The number of fused-ring (bicyclic) bond motifs is 1. The molecular formula is C17H16FN5O2. The highest BCUT2D eigenvalue weighted by molar-refractivity contribution is 6.06. The summed E-state index contributed by atoms with van der Waals surface area (Å²) in [7, 11) is 1.77. The number of benzene rings is 1. The molecule has 7 nitrogen and oxygen atoms in total. The number of nitrogens with one attached hydrogen (secondary N) is 2. The first-order chi connectivity index (χ1) is 11.8. The van der Waals surface area contributed by atoms with Crippen LogP contribution in [0.2, 0.25) is 0 Å². The maximum Gasteiger partial charge on any atom is 0.257 e. The van der Waals surface area contributed by atoms with Crippen molar-refractivity contribution in [2.45, 2.75) is 13.8 Å². The number of hydrogen-bond acceptors (Lipinski definition) is 4. The van der Waals surface area contributed by atoms with Crippen LogP contribution < -0.4 is 10.6 Å². The van der Waals surface area contributed by atoms with Crippen LogP contribution in [0.5, 0.6) is 0 Å². The largest absolute Gasteiger partial charge is 0.326 e. The summed E-state index contributed by atoms with van der Waals surface area (Å²) in [6.07, 6.45) is 1.41. The Morgan fingerprint density at radius 1 is 1.20 bits per heavy atom. The number of halogens is 1. The fraction of sp³-hybridized carbons (Fsp3) is 0.176. The highest BCUT2D eigenvalue weighted by atomic mass is 19.1. The van der Waals surface area contributed by atoms with Gasteiger partial charge >= 0.3 is 0 Å². The smallest absolute Gasteiger partial charge is 0.257 e. The van der Waals surface area contributed by atoms with Gasteiger partial charge in [-0.05, 0) is 31.2 Å². The molecule has 0 fully saturated rings. The molecule has 0 aliphatic rings. The molecule has 8 heteroatoms. The Morgan fingerprint density at radius 2 is 1.96 bits per heavy atom. The number of aromatic nitrogens is 3. The minimum atomic E-state index is -0.603. The van der Waals surface area contributed by atoms with Gasteiger partial charge in [-0.3, -0.25) is 14.3 Å². The fourth-order valence-electron chi connectivity index (χ4n) is 2.53. The third-order valence-corrected chi connectivity index (χ3v) is 3.66. The van der Waals surface area contributed by atoms with Crippen molar-refractivity contribution in [2.24, 2.45) is 7.05 Å². The Hall–Kier alpha value is -3.29. The Labute approximate surface area is 142 Å². The van der Waals surface area contributed by atoms with E-state index in [-0.39, 0.29) is 17.2 Å². The number of pyridine rings is 1. The highest BCUT2D eigenvalue weighted by Crippen LogP contribution is 2.22. The van der Waals surface area contributed by atoms with E-state index in [0.717, 1.165) is 11.1 Å². The number of rotatable bonds is 3. The highest BCUT2D eigenvalue weighted by Gasteiger charge is 2.14. The molecule has 0 aliphatic carbocycles. The molecule has 3 aromatic rings. The number of aryl methyl sites for hydroxylation is 2. The summed E-state index contributed by atoms with van der Waals surface area (Å²) in [6, 6.07) is 5.61. The lowest BCUT2D eigenvalue weighted by molar-refractivity contribution is -0.114. The van der Waals surface area contributed by atoms with E-state index in [1.54, 1.807) is 17.8 Å². The molecule has 25 heavy (non-hydrogen) atoms. The number of anilines is 2. The van der Waals surface area contributed by atoms with Crippen molar-refractivity contribution >= 4 is 34.2 Å². The molecule has 0 bridgehead atoms. The average Bonchev–Trinajstić information content (AvgIpc) is 2.84. The monoisotopic (exact) mass is 341 g/mol. The SMILES string of the molecule is CC(=O)Nc1ccc(F)c(NC(=O)c2cnc3c(c2)c(C)nn3C)c1. The van der Waals surface area contributed by atoms with E-state index in [1.165, 1.54) is 31.3 Å². The molecule has 128 valence electrons. The summed E-state index contributed by atoms with van der Waals surface area (Å²) in [5.41, 5.74) is 2.06. The topological polar surface area (TPSA) is 88.9 Å². The van der Waals surface area contributed by atoms with E-state index in [9.17, 15) is 14.0 Å². The van der Waals surface area contributed by atoms with Gasteiger partial charge in [-0.25, -0.2) is 9.37 Å². The molecule has 2 N–H and O–H groups in total. The van der Waals surface area contributed by atoms with Crippen molar-refractivity contribution in [1.82, 2.24) is 14.8 Å². The van der Waals surface area contributed by atoms with Crippen LogP contribution in [0.4, 0.5) is 15.8 Å². The summed E-state index contributed by atoms with van der Waals surface area (Å²) < 4.78 is 15.6. The van der Waals surface area contributed by atoms with Gasteiger partial charge in [0, 0.05) is 31.2 Å². The van der Waals surface area contributed by atoms with E-state index < -0.39 is 11.7 Å². The van der Waals surface area contributed by atoms with Gasteiger partial charge in [0.2, 0.25) is 5.91 Å². The van der Waals surface area contributed by atoms with Gasteiger partial charge in [0.1, 0.15) is 5.82 Å². The van der Waals surface area contributed by atoms with Crippen LogP contribution in [0.3, 0.4) is 0 Å². The van der Waals surface area contributed by atoms with Gasteiger partial charge in [0.15, 0.2) is 5.65 Å². The number of amides is 2. The van der Waals surface area contributed by atoms with Gasteiger partial charge < -0.3 is 10.6 Å². The number of carbonyl (C=O) groups excluding carboxylic acids is 2. The quantitative estimate of drug-likeness (QED) is 0.766. The van der Waals surface area contributed by atoms with Crippen LogP contribution in [-0.4, -0.2) is 26.6 Å². The second-order valence-corrected chi connectivity index (χ2v) is 5.63. The standard InChI is InChI=1S/C17H16FN5O2/c1-9-13-6-11(8-19-16(13)23(3)22-9)17(25)21-15-7-12(20-10(2)24)4-5-14(15)18/h4-8H,1-3H3,(H,20,24)(H,21,25). The molecule has 0 unspecified atom stereocenters. The molecule has 3 rings (SSSR count). The molecule has 2 aromatic heterocycles. The Bertz CT molecular complexity index is 996. The molecule has 0 saturated carbocycles. The second kappa shape index (κ2) is 6.31. The molecule has 2 heterocycles. The third-order valence-electron chi connectivity index (χ3n) is 3.66. The lowest BCUT2D eigenvalue weighted by Crippen LogP contribution is -2.14. The first-order valence-electron chi connectivity index (χ1n) is 7.53. The van der Waals surface area contributed by atoms with Crippen molar-refractivity contribution < 1.29 is 14.0 Å². The summed E-state index contributed by atoms with van der Waals surface area (Å²) in [5, 5.41) is 10.0. The molecule has 1 aromatic carbocycles. The summed E-state index contributed by atoms with van der Waals surface area (Å²) in [6.45, 7) is 3.17. The Morgan fingerprint density at radius 3 is 2.68 bits per heavy atom. The predicted octanol–water partition coefficient (Wildman–Crippen LogP) is 2.63. The number of nitrogens with zero attached hydrogens (tertiary/aromatic N) is 3. The van der Waals surface area contributed by atoms with E-state index in [1.807, 2.05) is 6.92 Å². The van der Waals surface area contributed by atoms with Gasteiger partial charge in [-0.1, -0.05) is 0 Å². The number of carbonyl (C=O) groups is 2. The minimum Gasteiger partial charge on any atom is -0.326 e. The molecular weight excluding hydrogens is 325 g/mol.